The molecular weight excluding hydrogens is 176 g/mol. The Hall–Kier alpha value is -0.220. The number of aliphatic hydroxyl groups excluding tert-OH is 1. The SMILES string of the molecule is CSCCC1(C(=O)O)CC(O)C1. The van der Waals surface area contributed by atoms with Crippen molar-refractivity contribution >= 4 is 17.7 Å². The Kier molecular flexibility index (Phi) is 3.01. The minimum absolute atomic E-state index is 0.386. The molecule has 1 rings (SSSR count). The molecule has 0 radical (unpaired) electrons. The third-order valence-corrected chi connectivity index (χ3v) is 3.10. The van der Waals surface area contributed by atoms with Crippen LogP contribution in [0.25, 0.3) is 0 Å². The second-order valence-electron chi connectivity index (χ2n) is 3.39. The lowest BCUT2D eigenvalue weighted by Gasteiger charge is -2.41. The molecule has 0 saturated heterocycles. The summed E-state index contributed by atoms with van der Waals surface area (Å²) in [5, 5.41) is 18.0. The molecule has 0 unspecified atom stereocenters. The normalized spacial score (nSPS) is 34.3. The topological polar surface area (TPSA) is 57.5 Å². The Morgan fingerprint density at radius 2 is 2.25 bits per heavy atom. The fraction of sp³-hybridized carbons (Fsp3) is 0.875. The van der Waals surface area contributed by atoms with E-state index in [9.17, 15) is 4.79 Å². The van der Waals surface area contributed by atoms with Crippen LogP contribution in [-0.2, 0) is 4.79 Å². The maximum Gasteiger partial charge on any atom is 0.309 e. The highest BCUT2D eigenvalue weighted by Gasteiger charge is 2.49. The molecule has 2 N–H and O–H groups in total. The van der Waals surface area contributed by atoms with E-state index in [1.807, 2.05) is 6.26 Å². The average Bonchev–Trinajstić information content (AvgIpc) is 1.95. The van der Waals surface area contributed by atoms with Crippen LogP contribution in [0.1, 0.15) is 19.3 Å². The summed E-state index contributed by atoms with van der Waals surface area (Å²) in [6.45, 7) is 0. The van der Waals surface area contributed by atoms with Crippen molar-refractivity contribution in [3.05, 3.63) is 0 Å². The third-order valence-electron chi connectivity index (χ3n) is 2.49. The van der Waals surface area contributed by atoms with Crippen LogP contribution >= 0.6 is 11.8 Å². The number of aliphatic carboxylic acids is 1. The maximum absolute atomic E-state index is 10.8. The van der Waals surface area contributed by atoms with Crippen LogP contribution in [0.3, 0.4) is 0 Å². The van der Waals surface area contributed by atoms with Crippen LogP contribution in [0.5, 0.6) is 0 Å². The van der Waals surface area contributed by atoms with Crippen molar-refractivity contribution in [1.82, 2.24) is 0 Å². The molecule has 4 heteroatoms. The molecule has 0 amide bonds. The average molecular weight is 190 g/mol. The molecule has 1 saturated carbocycles. The van der Waals surface area contributed by atoms with Crippen LogP contribution < -0.4 is 0 Å². The molecule has 0 atom stereocenters. The number of carboxylic acids is 1. The van der Waals surface area contributed by atoms with Gasteiger partial charge in [0.05, 0.1) is 11.5 Å². The van der Waals surface area contributed by atoms with E-state index in [0.717, 1.165) is 5.75 Å². The number of thioether (sulfide) groups is 1. The van der Waals surface area contributed by atoms with Gasteiger partial charge in [0.2, 0.25) is 0 Å². The summed E-state index contributed by atoms with van der Waals surface area (Å²) in [6, 6.07) is 0. The van der Waals surface area contributed by atoms with E-state index >= 15 is 0 Å². The second-order valence-corrected chi connectivity index (χ2v) is 4.38. The molecule has 0 aromatic carbocycles. The molecular formula is C8H14O3S. The fourth-order valence-electron chi connectivity index (χ4n) is 1.63. The lowest BCUT2D eigenvalue weighted by atomic mass is 9.65. The first-order valence-corrected chi connectivity index (χ1v) is 5.40. The number of carboxylic acid groups (broad SMARTS) is 1. The summed E-state index contributed by atoms with van der Waals surface area (Å²) in [7, 11) is 0. The van der Waals surface area contributed by atoms with Crippen molar-refractivity contribution in [1.29, 1.82) is 0 Å². The number of aliphatic hydroxyl groups is 1. The highest BCUT2D eigenvalue weighted by Crippen LogP contribution is 2.44. The van der Waals surface area contributed by atoms with E-state index in [1.54, 1.807) is 11.8 Å². The lowest BCUT2D eigenvalue weighted by Crippen LogP contribution is -2.47. The zero-order valence-electron chi connectivity index (χ0n) is 7.12. The van der Waals surface area contributed by atoms with Crippen LogP contribution in [0.4, 0.5) is 0 Å². The van der Waals surface area contributed by atoms with Gasteiger partial charge >= 0.3 is 5.97 Å². The van der Waals surface area contributed by atoms with Gasteiger partial charge in [-0.3, -0.25) is 4.79 Å². The van der Waals surface area contributed by atoms with Gasteiger partial charge in [-0.1, -0.05) is 0 Å². The molecule has 1 fully saturated rings. The van der Waals surface area contributed by atoms with Crippen LogP contribution in [0.15, 0.2) is 0 Å². The molecule has 0 bridgehead atoms. The fourth-order valence-corrected chi connectivity index (χ4v) is 2.22. The van der Waals surface area contributed by atoms with E-state index in [2.05, 4.69) is 0 Å². The van der Waals surface area contributed by atoms with Gasteiger partial charge in [-0.05, 0) is 31.3 Å². The lowest BCUT2D eigenvalue weighted by molar-refractivity contribution is -0.163. The van der Waals surface area contributed by atoms with Crippen molar-refractivity contribution in [2.75, 3.05) is 12.0 Å². The Morgan fingerprint density at radius 1 is 1.67 bits per heavy atom. The maximum atomic E-state index is 10.8. The highest BCUT2D eigenvalue weighted by atomic mass is 32.2. The van der Waals surface area contributed by atoms with Gasteiger partial charge in [0.25, 0.3) is 0 Å². The molecule has 3 nitrogen and oxygen atoms in total. The Labute approximate surface area is 76.2 Å². The van der Waals surface area contributed by atoms with E-state index < -0.39 is 11.4 Å². The molecule has 0 heterocycles. The van der Waals surface area contributed by atoms with Crippen molar-refractivity contribution in [2.45, 2.75) is 25.4 Å². The number of rotatable bonds is 4. The van der Waals surface area contributed by atoms with Crippen LogP contribution in [0.2, 0.25) is 0 Å². The Morgan fingerprint density at radius 3 is 2.58 bits per heavy atom. The molecule has 0 aromatic rings. The third kappa shape index (κ3) is 1.75. The summed E-state index contributed by atoms with van der Waals surface area (Å²) in [5.41, 5.74) is -0.609. The second kappa shape index (κ2) is 3.66. The number of hydrogen-bond donors (Lipinski definition) is 2. The summed E-state index contributed by atoms with van der Waals surface area (Å²) >= 11 is 1.65. The van der Waals surface area contributed by atoms with Gasteiger partial charge in [0.15, 0.2) is 0 Å². The predicted molar refractivity (Wildman–Crippen MR) is 48.3 cm³/mol. The predicted octanol–water partition coefficient (Wildman–Crippen LogP) is 0.965. The zero-order chi connectivity index (χ0) is 9.19. The molecule has 1 aliphatic carbocycles. The van der Waals surface area contributed by atoms with E-state index in [-0.39, 0.29) is 6.10 Å². The first-order chi connectivity index (χ1) is 5.60. The van der Waals surface area contributed by atoms with Crippen LogP contribution in [-0.4, -0.2) is 34.3 Å². The van der Waals surface area contributed by atoms with E-state index in [1.165, 1.54) is 0 Å². The van der Waals surface area contributed by atoms with Crippen molar-refractivity contribution in [3.63, 3.8) is 0 Å². The summed E-state index contributed by atoms with van der Waals surface area (Å²) in [4.78, 5) is 10.8. The first-order valence-electron chi connectivity index (χ1n) is 4.01. The summed E-state index contributed by atoms with van der Waals surface area (Å²) in [5.74, 6) is 0.112. The first kappa shape index (κ1) is 9.86. The van der Waals surface area contributed by atoms with E-state index in [0.29, 0.717) is 19.3 Å². The Balaban J connectivity index is 2.45. The van der Waals surface area contributed by atoms with Gasteiger partial charge in [0.1, 0.15) is 0 Å². The van der Waals surface area contributed by atoms with Gasteiger partial charge in [-0.15, -0.1) is 0 Å². The van der Waals surface area contributed by atoms with Gasteiger partial charge in [-0.2, -0.15) is 11.8 Å². The summed E-state index contributed by atoms with van der Waals surface area (Å²) in [6.07, 6.45) is 3.12. The van der Waals surface area contributed by atoms with Gasteiger partial charge < -0.3 is 10.2 Å². The largest absolute Gasteiger partial charge is 0.481 e. The molecule has 0 aromatic heterocycles. The Bertz CT molecular complexity index is 175. The minimum Gasteiger partial charge on any atom is -0.481 e. The molecule has 0 spiro atoms. The highest BCUT2D eigenvalue weighted by molar-refractivity contribution is 7.98. The molecule has 70 valence electrons. The monoisotopic (exact) mass is 190 g/mol. The van der Waals surface area contributed by atoms with Crippen molar-refractivity contribution in [3.8, 4) is 0 Å². The molecule has 0 aliphatic heterocycles. The van der Waals surface area contributed by atoms with Crippen molar-refractivity contribution < 1.29 is 15.0 Å². The standard InChI is InChI=1S/C8H14O3S/c1-12-3-2-8(7(10)11)4-6(9)5-8/h6,9H,2-5H2,1H3,(H,10,11). The quantitative estimate of drug-likeness (QED) is 0.693. The smallest absolute Gasteiger partial charge is 0.309 e. The summed E-state index contributed by atoms with van der Waals surface area (Å²) < 4.78 is 0. The zero-order valence-corrected chi connectivity index (χ0v) is 7.93. The molecule has 12 heavy (non-hydrogen) atoms. The molecule has 1 aliphatic rings. The minimum atomic E-state index is -0.748. The van der Waals surface area contributed by atoms with Crippen LogP contribution in [0, 0.1) is 5.41 Å². The van der Waals surface area contributed by atoms with Gasteiger partial charge in [0, 0.05) is 0 Å². The van der Waals surface area contributed by atoms with E-state index in [4.69, 9.17) is 10.2 Å². The number of hydrogen-bond acceptors (Lipinski definition) is 3. The number of carbonyl (C=O) groups is 1. The van der Waals surface area contributed by atoms with Gasteiger partial charge in [-0.25, -0.2) is 0 Å². The van der Waals surface area contributed by atoms with Crippen molar-refractivity contribution in [2.24, 2.45) is 5.41 Å².